The van der Waals surface area contributed by atoms with Crippen LogP contribution in [0.25, 0.3) is 0 Å². The van der Waals surface area contributed by atoms with Crippen LogP contribution in [0.2, 0.25) is 10.0 Å². The molecule has 0 fully saturated rings. The number of carbonyl (C=O) groups is 2. The van der Waals surface area contributed by atoms with E-state index in [9.17, 15) is 18.0 Å². The van der Waals surface area contributed by atoms with E-state index in [-0.39, 0.29) is 12.2 Å². The van der Waals surface area contributed by atoms with Crippen LogP contribution in [0.5, 0.6) is 11.5 Å². The van der Waals surface area contributed by atoms with Gasteiger partial charge in [-0.3, -0.25) is 13.9 Å². The maximum absolute atomic E-state index is 13.4. The van der Waals surface area contributed by atoms with E-state index >= 15 is 0 Å². The molecule has 1 unspecified atom stereocenters. The SMILES string of the molecule is CNC(=O)C(C)N(Cc1ccc(Cl)c(Cl)c1)C(=O)CN(c1ccc2c(c1)OCCO2)S(C)(=O)=O. The molecule has 1 heterocycles. The Balaban J connectivity index is 1.92. The smallest absolute Gasteiger partial charge is 0.244 e. The molecule has 3 rings (SSSR count). The third-order valence-corrected chi connectivity index (χ3v) is 7.12. The monoisotopic (exact) mass is 529 g/mol. The van der Waals surface area contributed by atoms with Crippen LogP contribution in [0.3, 0.4) is 0 Å². The molecule has 0 spiro atoms. The van der Waals surface area contributed by atoms with E-state index in [0.717, 1.165) is 10.6 Å². The first-order valence-corrected chi connectivity index (χ1v) is 12.9. The molecule has 1 atom stereocenters. The molecule has 2 amide bonds. The molecule has 1 aliphatic heterocycles. The maximum atomic E-state index is 13.4. The Kier molecular flexibility index (Phi) is 8.17. The molecule has 0 radical (unpaired) electrons. The number of carbonyl (C=O) groups excluding carboxylic acids is 2. The summed E-state index contributed by atoms with van der Waals surface area (Å²) >= 11 is 12.1. The van der Waals surface area contributed by atoms with Crippen LogP contribution in [-0.2, 0) is 26.2 Å². The molecule has 2 aromatic rings. The summed E-state index contributed by atoms with van der Waals surface area (Å²) in [5.41, 5.74) is 0.867. The fourth-order valence-corrected chi connectivity index (χ4v) is 4.59. The lowest BCUT2D eigenvalue weighted by molar-refractivity contribution is -0.139. The average Bonchev–Trinajstić information content (AvgIpc) is 2.81. The van der Waals surface area contributed by atoms with Gasteiger partial charge in [-0.05, 0) is 36.8 Å². The molecule has 0 aliphatic carbocycles. The summed E-state index contributed by atoms with van der Waals surface area (Å²) in [7, 11) is -2.40. The Labute approximate surface area is 208 Å². The second-order valence-electron chi connectivity index (χ2n) is 7.66. The van der Waals surface area contributed by atoms with Gasteiger partial charge in [-0.25, -0.2) is 8.42 Å². The van der Waals surface area contributed by atoms with Gasteiger partial charge in [-0.15, -0.1) is 0 Å². The van der Waals surface area contributed by atoms with Crippen LogP contribution in [0.1, 0.15) is 12.5 Å². The number of amides is 2. The summed E-state index contributed by atoms with van der Waals surface area (Å²) in [4.78, 5) is 27.1. The number of nitrogens with one attached hydrogen (secondary N) is 1. The van der Waals surface area contributed by atoms with Gasteiger partial charge in [-0.2, -0.15) is 0 Å². The number of ether oxygens (including phenoxy) is 2. The molecule has 0 aromatic heterocycles. The van der Waals surface area contributed by atoms with E-state index in [1.165, 1.54) is 24.1 Å². The van der Waals surface area contributed by atoms with Gasteiger partial charge in [0.2, 0.25) is 21.8 Å². The van der Waals surface area contributed by atoms with Crippen molar-refractivity contribution in [3.63, 3.8) is 0 Å². The zero-order valence-corrected chi connectivity index (χ0v) is 21.2. The Hall–Kier alpha value is -2.69. The molecule has 12 heteroatoms. The highest BCUT2D eigenvalue weighted by Crippen LogP contribution is 2.34. The number of hydrogen-bond acceptors (Lipinski definition) is 6. The standard InChI is InChI=1S/C22H25Cl2N3O6S/c1-14(22(29)25-2)26(12-15-4-6-17(23)18(24)10-15)21(28)13-27(34(3,30)31)16-5-7-19-20(11-16)33-9-8-32-19/h4-7,10-11,14H,8-9,12-13H2,1-3H3,(H,25,29). The fraction of sp³-hybridized carbons (Fsp3) is 0.364. The predicted molar refractivity (Wildman–Crippen MR) is 130 cm³/mol. The molecule has 1 aliphatic rings. The Bertz CT molecular complexity index is 1190. The second kappa shape index (κ2) is 10.7. The molecule has 0 saturated heterocycles. The van der Waals surface area contributed by atoms with Crippen LogP contribution in [0.15, 0.2) is 36.4 Å². The number of fused-ring (bicyclic) bond motifs is 1. The number of sulfonamides is 1. The minimum absolute atomic E-state index is 0.0169. The summed E-state index contributed by atoms with van der Waals surface area (Å²) in [5, 5.41) is 3.16. The lowest BCUT2D eigenvalue weighted by Crippen LogP contribution is -2.50. The molecular formula is C22H25Cl2N3O6S. The number of hydrogen-bond donors (Lipinski definition) is 1. The van der Waals surface area contributed by atoms with Crippen LogP contribution in [0, 0.1) is 0 Å². The van der Waals surface area contributed by atoms with Crippen molar-refractivity contribution >= 4 is 50.7 Å². The van der Waals surface area contributed by atoms with E-state index in [0.29, 0.717) is 40.3 Å². The van der Waals surface area contributed by atoms with Crippen LogP contribution >= 0.6 is 23.2 Å². The first-order chi connectivity index (χ1) is 16.0. The van der Waals surface area contributed by atoms with Crippen molar-refractivity contribution in [2.24, 2.45) is 0 Å². The number of benzene rings is 2. The summed E-state index contributed by atoms with van der Waals surface area (Å²) < 4.78 is 37.3. The molecule has 9 nitrogen and oxygen atoms in total. The van der Waals surface area contributed by atoms with Crippen LogP contribution < -0.4 is 19.1 Å². The lowest BCUT2D eigenvalue weighted by atomic mass is 10.1. The molecule has 0 saturated carbocycles. The van der Waals surface area contributed by atoms with E-state index < -0.39 is 34.4 Å². The Morgan fingerprint density at radius 1 is 1.06 bits per heavy atom. The van der Waals surface area contributed by atoms with E-state index in [1.807, 2.05) is 0 Å². The minimum atomic E-state index is -3.86. The van der Waals surface area contributed by atoms with Gasteiger partial charge in [0.1, 0.15) is 25.8 Å². The highest BCUT2D eigenvalue weighted by molar-refractivity contribution is 7.92. The van der Waals surface area contributed by atoms with Crippen molar-refractivity contribution in [3.05, 3.63) is 52.0 Å². The number of halogens is 2. The lowest BCUT2D eigenvalue weighted by Gasteiger charge is -2.31. The topological polar surface area (TPSA) is 105 Å². The van der Waals surface area contributed by atoms with Crippen molar-refractivity contribution < 1.29 is 27.5 Å². The minimum Gasteiger partial charge on any atom is -0.486 e. The van der Waals surface area contributed by atoms with Gasteiger partial charge in [0.05, 0.1) is 22.0 Å². The molecule has 1 N–H and O–H groups in total. The molecular weight excluding hydrogens is 505 g/mol. The van der Waals surface area contributed by atoms with Crippen LogP contribution in [0.4, 0.5) is 5.69 Å². The number of anilines is 1. The third kappa shape index (κ3) is 6.05. The van der Waals surface area contributed by atoms with Gasteiger partial charge in [-0.1, -0.05) is 29.3 Å². The summed E-state index contributed by atoms with van der Waals surface area (Å²) in [6.07, 6.45) is 1.00. The Morgan fingerprint density at radius 3 is 2.35 bits per heavy atom. The van der Waals surface area contributed by atoms with Crippen molar-refractivity contribution in [1.29, 1.82) is 0 Å². The summed E-state index contributed by atoms with van der Waals surface area (Å²) in [6, 6.07) is 8.61. The first-order valence-electron chi connectivity index (χ1n) is 10.3. The second-order valence-corrected chi connectivity index (χ2v) is 10.4. The van der Waals surface area contributed by atoms with Crippen LogP contribution in [-0.4, -0.2) is 64.2 Å². The van der Waals surface area contributed by atoms with Gasteiger partial charge in [0, 0.05) is 19.7 Å². The first kappa shape index (κ1) is 25.9. The van der Waals surface area contributed by atoms with Crippen molar-refractivity contribution in [3.8, 4) is 11.5 Å². The summed E-state index contributed by atoms with van der Waals surface area (Å²) in [6.45, 7) is 1.77. The zero-order valence-electron chi connectivity index (χ0n) is 18.9. The molecule has 0 bridgehead atoms. The maximum Gasteiger partial charge on any atom is 0.244 e. The van der Waals surface area contributed by atoms with Crippen molar-refractivity contribution in [2.75, 3.05) is 37.4 Å². The fourth-order valence-electron chi connectivity index (χ4n) is 3.43. The van der Waals surface area contributed by atoms with Crippen molar-refractivity contribution in [1.82, 2.24) is 10.2 Å². The summed E-state index contributed by atoms with van der Waals surface area (Å²) in [5.74, 6) is -0.110. The highest BCUT2D eigenvalue weighted by atomic mass is 35.5. The number of rotatable bonds is 8. The van der Waals surface area contributed by atoms with Gasteiger partial charge >= 0.3 is 0 Å². The highest BCUT2D eigenvalue weighted by Gasteiger charge is 2.30. The normalized spacial score (nSPS) is 13.7. The average molecular weight is 530 g/mol. The largest absolute Gasteiger partial charge is 0.486 e. The van der Waals surface area contributed by atoms with Crippen molar-refractivity contribution in [2.45, 2.75) is 19.5 Å². The zero-order chi connectivity index (χ0) is 25.0. The number of likely N-dealkylation sites (N-methyl/N-ethyl adjacent to an activating group) is 1. The third-order valence-electron chi connectivity index (χ3n) is 5.24. The molecule has 2 aromatic carbocycles. The molecule has 34 heavy (non-hydrogen) atoms. The molecule has 184 valence electrons. The van der Waals surface area contributed by atoms with Gasteiger partial charge < -0.3 is 19.7 Å². The van der Waals surface area contributed by atoms with Gasteiger partial charge in [0.25, 0.3) is 0 Å². The number of nitrogens with zero attached hydrogens (tertiary/aromatic N) is 2. The predicted octanol–water partition coefficient (Wildman–Crippen LogP) is 2.69. The van der Waals surface area contributed by atoms with E-state index in [1.54, 1.807) is 31.2 Å². The van der Waals surface area contributed by atoms with E-state index in [2.05, 4.69) is 5.32 Å². The Morgan fingerprint density at radius 2 is 1.74 bits per heavy atom. The van der Waals surface area contributed by atoms with Gasteiger partial charge in [0.15, 0.2) is 11.5 Å². The van der Waals surface area contributed by atoms with E-state index in [4.69, 9.17) is 32.7 Å². The quantitative estimate of drug-likeness (QED) is 0.563.